The van der Waals surface area contributed by atoms with E-state index in [1.165, 1.54) is 24.1 Å². The number of amides is 2. The Morgan fingerprint density at radius 3 is 2.14 bits per heavy atom. The van der Waals surface area contributed by atoms with Crippen molar-refractivity contribution in [1.29, 1.82) is 0 Å². The lowest BCUT2D eigenvalue weighted by atomic mass is 10.1. The maximum Gasteiger partial charge on any atom is 0.264 e. The number of carbonyl (C=O) groups is 2. The molecule has 8 nitrogen and oxygen atoms in total. The van der Waals surface area contributed by atoms with E-state index in [9.17, 15) is 18.0 Å². The van der Waals surface area contributed by atoms with Crippen molar-refractivity contribution in [3.05, 3.63) is 90.5 Å². The number of para-hydroxylation sites is 2. The molecule has 0 bridgehead atoms. The van der Waals surface area contributed by atoms with Crippen molar-refractivity contribution in [2.24, 2.45) is 0 Å². The van der Waals surface area contributed by atoms with Gasteiger partial charge in [0.2, 0.25) is 11.8 Å². The number of rotatable bonds is 12. The van der Waals surface area contributed by atoms with Crippen molar-refractivity contribution in [3.63, 3.8) is 0 Å². The molecule has 0 radical (unpaired) electrons. The molecule has 1 unspecified atom stereocenters. The maximum absolute atomic E-state index is 13.8. The third-order valence-corrected chi connectivity index (χ3v) is 7.74. The number of nitrogens with one attached hydrogen (secondary N) is 1. The van der Waals surface area contributed by atoms with Crippen molar-refractivity contribution in [1.82, 2.24) is 10.2 Å². The van der Waals surface area contributed by atoms with Crippen LogP contribution < -0.4 is 14.4 Å². The number of hydrogen-bond donors (Lipinski definition) is 1. The van der Waals surface area contributed by atoms with Crippen LogP contribution in [0.15, 0.2) is 89.8 Å². The average molecular weight is 524 g/mol. The van der Waals surface area contributed by atoms with Crippen molar-refractivity contribution in [2.45, 2.75) is 31.2 Å². The molecule has 0 aliphatic carbocycles. The van der Waals surface area contributed by atoms with Gasteiger partial charge in [-0.15, -0.1) is 0 Å². The first-order valence-corrected chi connectivity index (χ1v) is 13.6. The fourth-order valence-electron chi connectivity index (χ4n) is 3.96. The minimum Gasteiger partial charge on any atom is -0.495 e. The first-order valence-electron chi connectivity index (χ1n) is 12.1. The van der Waals surface area contributed by atoms with Gasteiger partial charge in [-0.05, 0) is 50.1 Å². The molecular weight excluding hydrogens is 490 g/mol. The molecule has 0 spiro atoms. The number of methoxy groups -OCH3 is 1. The van der Waals surface area contributed by atoms with Crippen LogP contribution in [0.3, 0.4) is 0 Å². The Kier molecular flexibility index (Phi) is 9.68. The van der Waals surface area contributed by atoms with Gasteiger partial charge in [0.05, 0.1) is 17.7 Å². The zero-order chi connectivity index (χ0) is 26.8. The van der Waals surface area contributed by atoms with Gasteiger partial charge in [0.15, 0.2) is 0 Å². The lowest BCUT2D eigenvalue weighted by Crippen LogP contribution is -2.52. The average Bonchev–Trinajstić information content (AvgIpc) is 2.92. The highest BCUT2D eigenvalue weighted by atomic mass is 32.2. The summed E-state index contributed by atoms with van der Waals surface area (Å²) < 4.78 is 34.0. The Labute approximate surface area is 218 Å². The van der Waals surface area contributed by atoms with Crippen LogP contribution in [0.2, 0.25) is 0 Å². The van der Waals surface area contributed by atoms with E-state index >= 15 is 0 Å². The van der Waals surface area contributed by atoms with E-state index in [1.807, 2.05) is 30.3 Å². The van der Waals surface area contributed by atoms with E-state index in [1.54, 1.807) is 56.3 Å². The van der Waals surface area contributed by atoms with Crippen LogP contribution >= 0.6 is 0 Å². The smallest absolute Gasteiger partial charge is 0.264 e. The topological polar surface area (TPSA) is 96.0 Å². The first-order chi connectivity index (χ1) is 17.8. The van der Waals surface area contributed by atoms with Crippen LogP contribution in [-0.4, -0.2) is 57.9 Å². The van der Waals surface area contributed by atoms with Crippen LogP contribution in [0.1, 0.15) is 19.4 Å². The quantitative estimate of drug-likeness (QED) is 0.392. The molecule has 9 heteroatoms. The Morgan fingerprint density at radius 2 is 1.51 bits per heavy atom. The van der Waals surface area contributed by atoms with E-state index in [2.05, 4.69) is 5.32 Å². The van der Waals surface area contributed by atoms with Crippen LogP contribution in [0, 0.1) is 0 Å². The summed E-state index contributed by atoms with van der Waals surface area (Å²) in [6, 6.07) is 23.4. The molecule has 0 saturated carbocycles. The number of likely N-dealkylation sites (N-methyl/N-ethyl adjacent to an activating group) is 1. The summed E-state index contributed by atoms with van der Waals surface area (Å²) in [6.45, 7) is 3.60. The van der Waals surface area contributed by atoms with E-state index in [0.717, 1.165) is 9.87 Å². The Bertz CT molecular complexity index is 1280. The number of ether oxygens (including phenoxy) is 1. The molecule has 2 amide bonds. The molecule has 3 rings (SSSR count). The summed E-state index contributed by atoms with van der Waals surface area (Å²) in [5.74, 6) is -0.499. The Hall–Kier alpha value is -3.85. The van der Waals surface area contributed by atoms with Crippen molar-refractivity contribution in [3.8, 4) is 5.75 Å². The van der Waals surface area contributed by atoms with Gasteiger partial charge in [-0.2, -0.15) is 0 Å². The maximum atomic E-state index is 13.8. The molecule has 0 aromatic heterocycles. The van der Waals surface area contributed by atoms with Crippen molar-refractivity contribution >= 4 is 27.5 Å². The predicted octanol–water partition coefficient (Wildman–Crippen LogP) is 3.49. The van der Waals surface area contributed by atoms with Gasteiger partial charge in [-0.3, -0.25) is 13.9 Å². The normalized spacial score (nSPS) is 11.9. The minimum atomic E-state index is -4.13. The highest BCUT2D eigenvalue weighted by Gasteiger charge is 2.33. The van der Waals surface area contributed by atoms with Crippen LogP contribution in [-0.2, 0) is 26.0 Å². The third-order valence-electron chi connectivity index (χ3n) is 5.97. The van der Waals surface area contributed by atoms with E-state index in [-0.39, 0.29) is 23.0 Å². The zero-order valence-electron chi connectivity index (χ0n) is 21.3. The van der Waals surface area contributed by atoms with Crippen LogP contribution in [0.4, 0.5) is 5.69 Å². The number of sulfonamides is 1. The fraction of sp³-hybridized carbons (Fsp3) is 0.286. The predicted molar refractivity (Wildman–Crippen MR) is 144 cm³/mol. The Balaban J connectivity index is 2.00. The molecule has 1 N–H and O–H groups in total. The third kappa shape index (κ3) is 6.89. The summed E-state index contributed by atoms with van der Waals surface area (Å²) in [7, 11) is -2.69. The first kappa shape index (κ1) is 27.7. The molecule has 0 heterocycles. The molecule has 0 aliphatic rings. The van der Waals surface area contributed by atoms with Gasteiger partial charge in [0.25, 0.3) is 10.0 Å². The monoisotopic (exact) mass is 523 g/mol. The zero-order valence-corrected chi connectivity index (χ0v) is 22.1. The summed E-state index contributed by atoms with van der Waals surface area (Å²) in [6.07, 6.45) is 0.510. The summed E-state index contributed by atoms with van der Waals surface area (Å²) in [4.78, 5) is 28.0. The second-order valence-corrected chi connectivity index (χ2v) is 10.3. The number of hydrogen-bond acceptors (Lipinski definition) is 5. The Morgan fingerprint density at radius 1 is 0.919 bits per heavy atom. The largest absolute Gasteiger partial charge is 0.495 e. The lowest BCUT2D eigenvalue weighted by Gasteiger charge is -2.32. The van der Waals surface area contributed by atoms with Crippen molar-refractivity contribution < 1.29 is 22.7 Å². The van der Waals surface area contributed by atoms with E-state index in [4.69, 9.17) is 4.74 Å². The van der Waals surface area contributed by atoms with Gasteiger partial charge in [-0.25, -0.2) is 8.42 Å². The highest BCUT2D eigenvalue weighted by Crippen LogP contribution is 2.32. The number of nitrogens with zero attached hydrogens (tertiary/aromatic N) is 2. The van der Waals surface area contributed by atoms with Crippen LogP contribution in [0.5, 0.6) is 5.75 Å². The molecule has 3 aromatic carbocycles. The molecule has 0 aliphatic heterocycles. The van der Waals surface area contributed by atoms with Gasteiger partial charge in [-0.1, -0.05) is 60.7 Å². The molecular formula is C28H33N3O5S. The fourth-order valence-corrected chi connectivity index (χ4v) is 5.41. The highest BCUT2D eigenvalue weighted by molar-refractivity contribution is 7.92. The van der Waals surface area contributed by atoms with Gasteiger partial charge >= 0.3 is 0 Å². The van der Waals surface area contributed by atoms with Crippen molar-refractivity contribution in [2.75, 3.05) is 31.0 Å². The number of benzene rings is 3. The molecule has 37 heavy (non-hydrogen) atoms. The molecule has 196 valence electrons. The van der Waals surface area contributed by atoms with Gasteiger partial charge in [0.1, 0.15) is 18.3 Å². The molecule has 0 saturated heterocycles. The second kappa shape index (κ2) is 12.9. The molecule has 1 atom stereocenters. The van der Waals surface area contributed by atoms with E-state index < -0.39 is 28.5 Å². The van der Waals surface area contributed by atoms with Gasteiger partial charge < -0.3 is 15.0 Å². The number of carbonyl (C=O) groups excluding carboxylic acids is 2. The lowest BCUT2D eigenvalue weighted by molar-refractivity contribution is -0.138. The van der Waals surface area contributed by atoms with Gasteiger partial charge in [0, 0.05) is 13.1 Å². The second-order valence-electron chi connectivity index (χ2n) is 8.39. The van der Waals surface area contributed by atoms with E-state index in [0.29, 0.717) is 18.7 Å². The number of anilines is 1. The summed E-state index contributed by atoms with van der Waals surface area (Å²) >= 11 is 0. The standard InChI is InChI=1S/C28H33N3O5S/c1-4-29-28(33)22(2)30(20-19-23-13-7-5-8-14-23)27(32)21-31(25-17-11-12-18-26(25)36-3)37(34,35)24-15-9-6-10-16-24/h5-18,22H,4,19-21H2,1-3H3,(H,29,33). The summed E-state index contributed by atoms with van der Waals surface area (Å²) in [5, 5.41) is 2.75. The summed E-state index contributed by atoms with van der Waals surface area (Å²) in [5.41, 5.74) is 1.23. The molecule has 0 fully saturated rings. The van der Waals surface area contributed by atoms with Crippen LogP contribution in [0.25, 0.3) is 0 Å². The minimum absolute atomic E-state index is 0.0429. The molecule has 3 aromatic rings. The SMILES string of the molecule is CCNC(=O)C(C)N(CCc1ccccc1)C(=O)CN(c1ccccc1OC)S(=O)(=O)c1ccccc1.